The number of nitro groups is 2. The summed E-state index contributed by atoms with van der Waals surface area (Å²) in [4.78, 5) is 20.1. The topological polar surface area (TPSA) is 127 Å². The van der Waals surface area contributed by atoms with Gasteiger partial charge in [0.1, 0.15) is 5.69 Å². The maximum Gasteiger partial charge on any atom is 0.299 e. The number of nitrogens with one attached hydrogen (secondary N) is 2. The molecular weight excluding hydrogens is 254 g/mol. The number of nitro benzene ring substituents is 2. The summed E-state index contributed by atoms with van der Waals surface area (Å²) in [6.45, 7) is 0.329. The van der Waals surface area contributed by atoms with Crippen LogP contribution in [0.3, 0.4) is 0 Å². The molecule has 0 fully saturated rings. The summed E-state index contributed by atoms with van der Waals surface area (Å²) in [5.41, 5.74) is 0.378. The van der Waals surface area contributed by atoms with Crippen molar-refractivity contribution in [1.29, 1.82) is 0 Å². The minimum atomic E-state index is -0.674. The van der Waals surface area contributed by atoms with Crippen molar-refractivity contribution in [3.8, 4) is 0 Å². The van der Waals surface area contributed by atoms with Crippen molar-refractivity contribution in [1.82, 2.24) is 10.2 Å². The van der Waals surface area contributed by atoms with E-state index in [0.717, 1.165) is 11.6 Å². The standard InChI is InChI=1S/C10H9N5O4/c16-14(17)8-1-2-9(10(3-8)15(18)19)11-4-7-5-12-13-6-7/h1-3,5-6,11H,4H2,(H,12,13). The summed E-state index contributed by atoms with van der Waals surface area (Å²) in [6.07, 6.45) is 3.22. The lowest BCUT2D eigenvalue weighted by Gasteiger charge is -2.05. The highest BCUT2D eigenvalue weighted by Gasteiger charge is 2.19. The van der Waals surface area contributed by atoms with Crippen molar-refractivity contribution in [2.24, 2.45) is 0 Å². The summed E-state index contributed by atoms with van der Waals surface area (Å²) in [5.74, 6) is 0. The number of non-ortho nitro benzene ring substituents is 1. The molecule has 1 aromatic carbocycles. The molecule has 0 aliphatic rings. The quantitative estimate of drug-likeness (QED) is 0.625. The summed E-state index contributed by atoms with van der Waals surface area (Å²) >= 11 is 0. The van der Waals surface area contributed by atoms with Gasteiger partial charge in [-0.2, -0.15) is 5.10 Å². The molecule has 0 aliphatic carbocycles. The average Bonchev–Trinajstić information content (AvgIpc) is 2.89. The zero-order chi connectivity index (χ0) is 13.8. The Bertz CT molecular complexity index is 610. The minimum absolute atomic E-state index is 0.219. The van der Waals surface area contributed by atoms with Gasteiger partial charge in [0.25, 0.3) is 11.4 Å². The first-order valence-corrected chi connectivity index (χ1v) is 5.22. The van der Waals surface area contributed by atoms with Crippen molar-refractivity contribution in [3.05, 3.63) is 56.4 Å². The van der Waals surface area contributed by atoms with Gasteiger partial charge in [-0.15, -0.1) is 0 Å². The van der Waals surface area contributed by atoms with Crippen LogP contribution in [0.15, 0.2) is 30.6 Å². The average molecular weight is 263 g/mol. The number of hydrogen-bond acceptors (Lipinski definition) is 6. The van der Waals surface area contributed by atoms with E-state index in [9.17, 15) is 20.2 Å². The minimum Gasteiger partial charge on any atom is -0.375 e. The predicted molar refractivity (Wildman–Crippen MR) is 65.7 cm³/mol. The van der Waals surface area contributed by atoms with E-state index >= 15 is 0 Å². The van der Waals surface area contributed by atoms with Crippen LogP contribution >= 0.6 is 0 Å². The van der Waals surface area contributed by atoms with Crippen molar-refractivity contribution in [2.45, 2.75) is 6.54 Å². The van der Waals surface area contributed by atoms with Crippen molar-refractivity contribution in [3.63, 3.8) is 0 Å². The van der Waals surface area contributed by atoms with Gasteiger partial charge in [-0.1, -0.05) is 0 Å². The second-order valence-electron chi connectivity index (χ2n) is 3.68. The van der Waals surface area contributed by atoms with E-state index in [1.54, 1.807) is 12.4 Å². The van der Waals surface area contributed by atoms with Crippen LogP contribution in [0.1, 0.15) is 5.56 Å². The summed E-state index contributed by atoms with van der Waals surface area (Å²) in [6, 6.07) is 3.46. The first kappa shape index (κ1) is 12.5. The fraction of sp³-hybridized carbons (Fsp3) is 0.100. The summed E-state index contributed by atoms with van der Waals surface area (Å²) in [7, 11) is 0. The van der Waals surface area contributed by atoms with Crippen LogP contribution in [0, 0.1) is 20.2 Å². The first-order chi connectivity index (χ1) is 9.08. The van der Waals surface area contributed by atoms with Gasteiger partial charge in [0.15, 0.2) is 0 Å². The normalized spacial score (nSPS) is 10.1. The molecule has 1 aromatic heterocycles. The first-order valence-electron chi connectivity index (χ1n) is 5.22. The number of benzene rings is 1. The van der Waals surface area contributed by atoms with Crippen molar-refractivity contribution < 1.29 is 9.85 Å². The number of rotatable bonds is 5. The Labute approximate surface area is 106 Å². The van der Waals surface area contributed by atoms with Crippen molar-refractivity contribution >= 4 is 17.1 Å². The number of anilines is 1. The molecule has 0 spiro atoms. The Morgan fingerprint density at radius 2 is 2.05 bits per heavy atom. The third-order valence-electron chi connectivity index (χ3n) is 2.43. The number of aromatic amines is 1. The fourth-order valence-electron chi connectivity index (χ4n) is 1.51. The molecule has 2 rings (SSSR count). The Hall–Kier alpha value is -2.97. The smallest absolute Gasteiger partial charge is 0.299 e. The lowest BCUT2D eigenvalue weighted by molar-refractivity contribution is -0.393. The van der Waals surface area contributed by atoms with Crippen LogP contribution in [-0.2, 0) is 6.54 Å². The second kappa shape index (κ2) is 5.12. The highest BCUT2D eigenvalue weighted by molar-refractivity contribution is 5.65. The zero-order valence-corrected chi connectivity index (χ0v) is 9.57. The molecule has 19 heavy (non-hydrogen) atoms. The Morgan fingerprint density at radius 3 is 2.63 bits per heavy atom. The monoisotopic (exact) mass is 263 g/mol. The Kier molecular flexibility index (Phi) is 3.37. The molecule has 0 radical (unpaired) electrons. The van der Waals surface area contributed by atoms with Gasteiger partial charge in [-0.05, 0) is 6.07 Å². The molecule has 9 nitrogen and oxygen atoms in total. The Balaban J connectivity index is 2.24. The van der Waals surface area contributed by atoms with E-state index < -0.39 is 9.85 Å². The molecule has 0 unspecified atom stereocenters. The maximum atomic E-state index is 10.9. The van der Waals surface area contributed by atoms with Gasteiger partial charge in [0, 0.05) is 24.4 Å². The summed E-state index contributed by atoms with van der Waals surface area (Å²) in [5, 5.41) is 30.7. The molecule has 0 amide bonds. The van der Waals surface area contributed by atoms with Gasteiger partial charge in [-0.25, -0.2) is 0 Å². The number of H-pyrrole nitrogens is 1. The van der Waals surface area contributed by atoms with Crippen LogP contribution in [-0.4, -0.2) is 20.0 Å². The van der Waals surface area contributed by atoms with Gasteiger partial charge in [0.2, 0.25) is 0 Å². The Morgan fingerprint density at radius 1 is 1.26 bits per heavy atom. The maximum absolute atomic E-state index is 10.9. The molecule has 2 N–H and O–H groups in total. The van der Waals surface area contributed by atoms with Gasteiger partial charge < -0.3 is 5.32 Å². The van der Waals surface area contributed by atoms with Gasteiger partial charge in [-0.3, -0.25) is 25.3 Å². The third kappa shape index (κ3) is 2.83. The number of nitrogens with zero attached hydrogens (tertiary/aromatic N) is 3. The SMILES string of the molecule is O=[N+]([O-])c1ccc(NCc2cn[nH]c2)c([N+](=O)[O-])c1. The van der Waals surface area contributed by atoms with E-state index in [1.165, 1.54) is 12.1 Å². The lowest BCUT2D eigenvalue weighted by atomic mass is 10.2. The molecule has 9 heteroatoms. The molecule has 0 saturated heterocycles. The molecule has 0 saturated carbocycles. The van der Waals surface area contributed by atoms with Crippen LogP contribution in [0.25, 0.3) is 0 Å². The third-order valence-corrected chi connectivity index (χ3v) is 2.43. The molecule has 0 atom stereocenters. The number of hydrogen-bond donors (Lipinski definition) is 2. The molecule has 0 aliphatic heterocycles. The second-order valence-corrected chi connectivity index (χ2v) is 3.68. The fourth-order valence-corrected chi connectivity index (χ4v) is 1.51. The number of aromatic nitrogens is 2. The summed E-state index contributed by atoms with van der Waals surface area (Å²) < 4.78 is 0. The molecule has 98 valence electrons. The van der Waals surface area contributed by atoms with Crippen LogP contribution in [0.2, 0.25) is 0 Å². The van der Waals surface area contributed by atoms with Crippen LogP contribution in [0.4, 0.5) is 17.1 Å². The van der Waals surface area contributed by atoms with E-state index in [2.05, 4.69) is 15.5 Å². The van der Waals surface area contributed by atoms with E-state index in [1.807, 2.05) is 0 Å². The van der Waals surface area contributed by atoms with Gasteiger partial charge in [0.05, 0.1) is 22.1 Å². The lowest BCUT2D eigenvalue weighted by Crippen LogP contribution is -2.02. The van der Waals surface area contributed by atoms with E-state index in [-0.39, 0.29) is 17.1 Å². The predicted octanol–water partition coefficient (Wildman–Crippen LogP) is 1.84. The highest BCUT2D eigenvalue weighted by atomic mass is 16.6. The largest absolute Gasteiger partial charge is 0.375 e. The van der Waals surface area contributed by atoms with Gasteiger partial charge >= 0.3 is 0 Å². The van der Waals surface area contributed by atoms with Crippen LogP contribution < -0.4 is 5.32 Å². The molecular formula is C10H9N5O4. The van der Waals surface area contributed by atoms with E-state index in [0.29, 0.717) is 6.54 Å². The van der Waals surface area contributed by atoms with E-state index in [4.69, 9.17) is 0 Å². The molecule has 1 heterocycles. The zero-order valence-electron chi connectivity index (χ0n) is 9.57. The highest BCUT2D eigenvalue weighted by Crippen LogP contribution is 2.29. The molecule has 2 aromatic rings. The van der Waals surface area contributed by atoms with Crippen LogP contribution in [0.5, 0.6) is 0 Å². The van der Waals surface area contributed by atoms with Crippen molar-refractivity contribution in [2.75, 3.05) is 5.32 Å². The molecule has 0 bridgehead atoms.